The van der Waals surface area contributed by atoms with Gasteiger partial charge in [-0.2, -0.15) is 18.2 Å². The Morgan fingerprint density at radius 1 is 1.06 bits per heavy atom. The van der Waals surface area contributed by atoms with Crippen LogP contribution in [0.25, 0.3) is 11.0 Å². The van der Waals surface area contributed by atoms with E-state index in [1.54, 1.807) is 9.13 Å². The third-order valence-corrected chi connectivity index (χ3v) is 5.71. The summed E-state index contributed by atoms with van der Waals surface area (Å²) in [6, 6.07) is 9.89. The Bertz CT molecular complexity index is 1280. The maximum atomic E-state index is 13.2. The monoisotopic (exact) mass is 603 g/mol. The molecule has 2 aromatic carbocycles. The molecule has 0 aliphatic heterocycles. The zero-order valence-corrected chi connectivity index (χ0v) is 21.4. The quantitative estimate of drug-likeness (QED) is 0.193. The number of esters is 1. The number of rotatable bonds is 9. The van der Waals surface area contributed by atoms with E-state index in [4.69, 9.17) is 9.47 Å². The van der Waals surface area contributed by atoms with Crippen molar-refractivity contribution in [2.45, 2.75) is 46.1 Å². The molecule has 3 aromatic rings. The lowest BCUT2D eigenvalue weighted by Crippen LogP contribution is -2.29. The Morgan fingerprint density at radius 2 is 1.83 bits per heavy atom. The molecule has 0 fully saturated rings. The van der Waals surface area contributed by atoms with Crippen LogP contribution in [0.15, 0.2) is 47.5 Å². The van der Waals surface area contributed by atoms with Crippen LogP contribution >= 0.6 is 22.6 Å². The molecule has 0 unspecified atom stereocenters. The number of halogens is 4. The van der Waals surface area contributed by atoms with Gasteiger partial charge in [-0.05, 0) is 71.8 Å². The Morgan fingerprint density at radius 3 is 2.51 bits per heavy atom. The van der Waals surface area contributed by atoms with Crippen molar-refractivity contribution in [2.24, 2.45) is 4.99 Å². The molecule has 0 N–H and O–H groups in total. The summed E-state index contributed by atoms with van der Waals surface area (Å²) in [6.45, 7) is 4.41. The second-order valence-corrected chi connectivity index (χ2v) is 8.98. The first-order chi connectivity index (χ1) is 16.6. The number of amides is 1. The first-order valence-electron chi connectivity index (χ1n) is 11.0. The molecule has 11 heteroatoms. The van der Waals surface area contributed by atoms with Gasteiger partial charge in [-0.3, -0.25) is 14.2 Å². The molecule has 0 aliphatic carbocycles. The highest BCUT2D eigenvalue weighted by atomic mass is 127. The lowest BCUT2D eigenvalue weighted by atomic mass is 10.1. The third-order valence-electron chi connectivity index (χ3n) is 5.04. The lowest BCUT2D eigenvalue weighted by molar-refractivity contribution is -0.141. The van der Waals surface area contributed by atoms with Crippen molar-refractivity contribution in [3.63, 3.8) is 0 Å². The summed E-state index contributed by atoms with van der Waals surface area (Å²) in [6.07, 6.45) is -3.34. The summed E-state index contributed by atoms with van der Waals surface area (Å²) in [5.74, 6) is -1.20. The molecule has 1 amide bonds. The van der Waals surface area contributed by atoms with E-state index in [0.717, 1.165) is 33.2 Å². The Labute approximate surface area is 213 Å². The van der Waals surface area contributed by atoms with Gasteiger partial charge in [0.15, 0.2) is 0 Å². The van der Waals surface area contributed by atoms with E-state index in [1.807, 2.05) is 25.1 Å². The van der Waals surface area contributed by atoms with E-state index in [0.29, 0.717) is 19.6 Å². The van der Waals surface area contributed by atoms with Crippen molar-refractivity contribution in [2.75, 3.05) is 13.2 Å². The van der Waals surface area contributed by atoms with Gasteiger partial charge in [0, 0.05) is 29.2 Å². The highest BCUT2D eigenvalue weighted by molar-refractivity contribution is 14.1. The van der Waals surface area contributed by atoms with E-state index in [1.165, 1.54) is 19.1 Å². The number of carbonyl (C=O) groups excluding carboxylic acids is 2. The second kappa shape index (κ2) is 11.8. The first kappa shape index (κ1) is 26.9. The van der Waals surface area contributed by atoms with E-state index in [2.05, 4.69) is 27.6 Å². The van der Waals surface area contributed by atoms with Gasteiger partial charge in [0.25, 0.3) is 5.91 Å². The van der Waals surface area contributed by atoms with Gasteiger partial charge in [-0.1, -0.05) is 13.0 Å². The molecule has 0 saturated heterocycles. The molecule has 35 heavy (non-hydrogen) atoms. The predicted octanol–water partition coefficient (Wildman–Crippen LogP) is 5.14. The topological polar surface area (TPSA) is 74.8 Å². The summed E-state index contributed by atoms with van der Waals surface area (Å²) in [7, 11) is 0. The molecule has 3 rings (SSSR count). The predicted molar refractivity (Wildman–Crippen MR) is 131 cm³/mol. The number of hydrogen-bond acceptors (Lipinski definition) is 4. The summed E-state index contributed by atoms with van der Waals surface area (Å²) < 4.78 is 54.7. The highest BCUT2D eigenvalue weighted by Crippen LogP contribution is 2.29. The minimum Gasteiger partial charge on any atom is -0.466 e. The number of alkyl halides is 3. The third kappa shape index (κ3) is 6.94. The van der Waals surface area contributed by atoms with Gasteiger partial charge >= 0.3 is 12.1 Å². The van der Waals surface area contributed by atoms with Crippen LogP contribution < -0.4 is 5.62 Å². The maximum absolute atomic E-state index is 13.2. The number of aromatic nitrogens is 2. The molecule has 1 heterocycles. The van der Waals surface area contributed by atoms with E-state index < -0.39 is 23.6 Å². The van der Waals surface area contributed by atoms with Crippen LogP contribution in [0.3, 0.4) is 0 Å². The molecule has 0 aliphatic rings. The molecule has 188 valence electrons. The summed E-state index contributed by atoms with van der Waals surface area (Å²) in [5.41, 5.74) is 0.671. The first-order valence-corrected chi connectivity index (χ1v) is 12.1. The summed E-state index contributed by atoms with van der Waals surface area (Å²) >= 11 is 2.17. The lowest BCUT2D eigenvalue weighted by Gasteiger charge is -2.08. The van der Waals surface area contributed by atoms with Gasteiger partial charge in [0.1, 0.15) is 6.73 Å². The van der Waals surface area contributed by atoms with Crippen molar-refractivity contribution in [1.82, 2.24) is 9.13 Å². The van der Waals surface area contributed by atoms with Crippen molar-refractivity contribution >= 4 is 45.5 Å². The molecule has 7 nitrogen and oxygen atoms in total. The molecule has 0 bridgehead atoms. The molecule has 0 atom stereocenters. The van der Waals surface area contributed by atoms with Crippen LogP contribution in [0.5, 0.6) is 0 Å². The standard InChI is InChI=1S/C24H25F3IN3O4/c1-3-11-34-15-31-21-14-19(28)8-9-20(21)30(10-5-12-35-16(2)32)23(31)29-22(33)17-6-4-7-18(13-17)24(25,26)27/h4,6-9,13-14H,3,5,10-12,15H2,1-2H3. The molecule has 0 saturated carbocycles. The number of carbonyl (C=O) groups is 2. The summed E-state index contributed by atoms with van der Waals surface area (Å²) in [4.78, 5) is 28.4. The number of imidazole rings is 1. The van der Waals surface area contributed by atoms with Gasteiger partial charge in [0.05, 0.1) is 23.2 Å². The number of aryl methyl sites for hydroxylation is 1. The number of benzene rings is 2. The Kier molecular flexibility index (Phi) is 9.11. The van der Waals surface area contributed by atoms with Crippen molar-refractivity contribution in [1.29, 1.82) is 0 Å². The van der Waals surface area contributed by atoms with Gasteiger partial charge in [-0.25, -0.2) is 0 Å². The zero-order valence-electron chi connectivity index (χ0n) is 19.3. The fraction of sp³-hybridized carbons (Fsp3) is 0.375. The Balaban J connectivity index is 2.13. The summed E-state index contributed by atoms with van der Waals surface area (Å²) in [5, 5.41) is 0. The molecule has 1 aromatic heterocycles. The second-order valence-electron chi connectivity index (χ2n) is 7.74. The molecular formula is C24H25F3IN3O4. The van der Waals surface area contributed by atoms with Crippen molar-refractivity contribution < 1.29 is 32.2 Å². The fourth-order valence-corrected chi connectivity index (χ4v) is 3.97. The largest absolute Gasteiger partial charge is 0.466 e. The average Bonchev–Trinajstić information content (AvgIpc) is 3.07. The van der Waals surface area contributed by atoms with Crippen LogP contribution in [-0.4, -0.2) is 34.2 Å². The molecule has 0 radical (unpaired) electrons. The maximum Gasteiger partial charge on any atom is 0.416 e. The molecular weight excluding hydrogens is 578 g/mol. The van der Waals surface area contributed by atoms with E-state index in [-0.39, 0.29) is 24.5 Å². The average molecular weight is 603 g/mol. The van der Waals surface area contributed by atoms with Crippen LogP contribution in [0.4, 0.5) is 13.2 Å². The Hall–Kier alpha value is -2.67. The van der Waals surface area contributed by atoms with E-state index in [9.17, 15) is 22.8 Å². The highest BCUT2D eigenvalue weighted by Gasteiger charge is 2.31. The van der Waals surface area contributed by atoms with Crippen molar-refractivity contribution in [3.05, 3.63) is 62.8 Å². The van der Waals surface area contributed by atoms with Gasteiger partial charge in [-0.15, -0.1) is 0 Å². The zero-order chi connectivity index (χ0) is 25.6. The van der Waals surface area contributed by atoms with Crippen LogP contribution in [-0.2, 0) is 33.7 Å². The number of nitrogens with zero attached hydrogens (tertiary/aromatic N) is 3. The fourth-order valence-electron chi connectivity index (χ4n) is 3.49. The van der Waals surface area contributed by atoms with Crippen molar-refractivity contribution in [3.8, 4) is 0 Å². The number of ether oxygens (including phenoxy) is 2. The van der Waals surface area contributed by atoms with Gasteiger partial charge < -0.3 is 14.0 Å². The van der Waals surface area contributed by atoms with Crippen LogP contribution in [0.1, 0.15) is 42.6 Å². The normalized spacial score (nSPS) is 12.3. The van der Waals surface area contributed by atoms with Gasteiger partial charge in [0.2, 0.25) is 5.62 Å². The van der Waals surface area contributed by atoms with E-state index >= 15 is 0 Å². The number of hydrogen-bond donors (Lipinski definition) is 0. The molecule has 0 spiro atoms. The minimum atomic E-state index is -4.58. The van der Waals surface area contributed by atoms with Crippen LogP contribution in [0, 0.1) is 3.57 Å². The smallest absolute Gasteiger partial charge is 0.416 e. The number of fused-ring (bicyclic) bond motifs is 1. The van der Waals surface area contributed by atoms with Crippen LogP contribution in [0.2, 0.25) is 0 Å². The minimum absolute atomic E-state index is 0.107. The SMILES string of the molecule is CCCOCn1c(=NC(=O)c2cccc(C(F)(F)F)c2)n(CCCOC(C)=O)c2ccc(I)cc21.